The number of rotatable bonds is 5. The normalized spacial score (nSPS) is 25.8. The van der Waals surface area contributed by atoms with Crippen LogP contribution in [0.3, 0.4) is 0 Å². The van der Waals surface area contributed by atoms with Crippen LogP contribution in [-0.2, 0) is 4.79 Å². The van der Waals surface area contributed by atoms with Crippen LogP contribution in [0.5, 0.6) is 0 Å². The number of nitriles is 1. The third kappa shape index (κ3) is 3.14. The van der Waals surface area contributed by atoms with E-state index in [0.717, 1.165) is 29.2 Å². The van der Waals surface area contributed by atoms with Crippen molar-refractivity contribution in [1.82, 2.24) is 0 Å². The van der Waals surface area contributed by atoms with Gasteiger partial charge in [0.25, 0.3) is 0 Å². The van der Waals surface area contributed by atoms with Gasteiger partial charge in [-0.25, -0.2) is 0 Å². The van der Waals surface area contributed by atoms with Crippen LogP contribution in [0.25, 0.3) is 0 Å². The molecule has 1 aromatic rings. The van der Waals surface area contributed by atoms with Crippen molar-refractivity contribution >= 4 is 23.4 Å². The number of nitrogens with zero attached hydrogens (tertiary/aromatic N) is 1. The molecule has 0 aromatic heterocycles. The molecule has 0 aliphatic heterocycles. The second-order valence-corrected chi connectivity index (χ2v) is 6.77. The van der Waals surface area contributed by atoms with Crippen LogP contribution in [0.2, 0.25) is 0 Å². The maximum absolute atomic E-state index is 12.5. The molecule has 2 aliphatic carbocycles. The first-order chi connectivity index (χ1) is 10.3. The lowest BCUT2D eigenvalue weighted by molar-refractivity contribution is -0.120. The summed E-state index contributed by atoms with van der Waals surface area (Å²) in [5.41, 5.74) is 0.872. The summed E-state index contributed by atoms with van der Waals surface area (Å²) >= 11 is 1.62. The van der Waals surface area contributed by atoms with Crippen molar-refractivity contribution in [3.05, 3.63) is 36.4 Å². The summed E-state index contributed by atoms with van der Waals surface area (Å²) in [4.78, 5) is 13.5. The van der Waals surface area contributed by atoms with E-state index in [9.17, 15) is 4.79 Å². The van der Waals surface area contributed by atoms with E-state index in [1.807, 2.05) is 24.3 Å². The largest absolute Gasteiger partial charge is 0.325 e. The SMILES string of the molecule is N#CCCSc1ccccc1NC(=O)C1CC2C=CC1C2. The van der Waals surface area contributed by atoms with Gasteiger partial charge >= 0.3 is 0 Å². The third-order valence-corrected chi connectivity index (χ3v) is 5.31. The van der Waals surface area contributed by atoms with Crippen LogP contribution < -0.4 is 5.32 Å². The highest BCUT2D eigenvalue weighted by Gasteiger charge is 2.39. The number of hydrogen-bond acceptors (Lipinski definition) is 3. The molecule has 1 fully saturated rings. The fourth-order valence-corrected chi connectivity index (χ4v) is 4.07. The van der Waals surface area contributed by atoms with E-state index in [2.05, 4.69) is 23.5 Å². The lowest BCUT2D eigenvalue weighted by Crippen LogP contribution is -2.26. The van der Waals surface area contributed by atoms with E-state index < -0.39 is 0 Å². The Bertz CT molecular complexity index is 605. The fraction of sp³-hybridized carbons (Fsp3) is 0.412. The predicted molar refractivity (Wildman–Crippen MR) is 84.9 cm³/mol. The van der Waals surface area contributed by atoms with Gasteiger partial charge in [0.15, 0.2) is 0 Å². The van der Waals surface area contributed by atoms with Crippen molar-refractivity contribution in [1.29, 1.82) is 5.26 Å². The average Bonchev–Trinajstić information content (AvgIpc) is 3.12. The fourth-order valence-electron chi connectivity index (χ4n) is 3.21. The van der Waals surface area contributed by atoms with E-state index in [-0.39, 0.29) is 11.8 Å². The number of anilines is 1. The van der Waals surface area contributed by atoms with Crippen LogP contribution >= 0.6 is 11.8 Å². The van der Waals surface area contributed by atoms with E-state index >= 15 is 0 Å². The number of benzene rings is 1. The van der Waals surface area contributed by atoms with Crippen molar-refractivity contribution in [3.63, 3.8) is 0 Å². The molecule has 0 radical (unpaired) electrons. The second-order valence-electron chi connectivity index (χ2n) is 5.63. The average molecular weight is 298 g/mol. The van der Waals surface area contributed by atoms with Crippen molar-refractivity contribution in [2.75, 3.05) is 11.1 Å². The molecule has 0 spiro atoms. The molecule has 2 bridgehead atoms. The van der Waals surface area contributed by atoms with Gasteiger partial charge in [-0.15, -0.1) is 11.8 Å². The zero-order chi connectivity index (χ0) is 14.7. The summed E-state index contributed by atoms with van der Waals surface area (Å²) in [5, 5.41) is 11.7. The Morgan fingerprint density at radius 1 is 1.33 bits per heavy atom. The van der Waals surface area contributed by atoms with Gasteiger partial charge in [-0.05, 0) is 36.8 Å². The molecule has 2 aliphatic rings. The molecule has 3 unspecified atom stereocenters. The molecule has 21 heavy (non-hydrogen) atoms. The molecule has 3 rings (SSSR count). The summed E-state index contributed by atoms with van der Waals surface area (Å²) in [6.07, 6.45) is 7.09. The van der Waals surface area contributed by atoms with E-state index in [1.54, 1.807) is 11.8 Å². The van der Waals surface area contributed by atoms with Crippen molar-refractivity contribution < 1.29 is 4.79 Å². The maximum atomic E-state index is 12.5. The van der Waals surface area contributed by atoms with Crippen LogP contribution in [0, 0.1) is 29.1 Å². The summed E-state index contributed by atoms with van der Waals surface area (Å²) in [6.45, 7) is 0. The number of fused-ring (bicyclic) bond motifs is 2. The standard InChI is InChI=1S/C17H18N2OS/c18-8-3-9-21-16-5-2-1-4-15(16)19-17(20)14-11-12-6-7-13(14)10-12/h1-2,4-7,12-14H,3,9-11H2,(H,19,20). The summed E-state index contributed by atoms with van der Waals surface area (Å²) in [5.74, 6) is 2.04. The summed E-state index contributed by atoms with van der Waals surface area (Å²) in [7, 11) is 0. The highest BCUT2D eigenvalue weighted by molar-refractivity contribution is 7.99. The molecule has 1 amide bonds. The van der Waals surface area contributed by atoms with E-state index in [0.29, 0.717) is 18.3 Å². The van der Waals surface area contributed by atoms with Gasteiger partial charge < -0.3 is 5.32 Å². The number of para-hydroxylation sites is 1. The second kappa shape index (κ2) is 6.36. The van der Waals surface area contributed by atoms with Crippen molar-refractivity contribution in [3.8, 4) is 6.07 Å². The molecule has 1 aromatic carbocycles. The number of amides is 1. The molecule has 1 N–H and O–H groups in total. The molecule has 4 heteroatoms. The lowest BCUT2D eigenvalue weighted by Gasteiger charge is -2.18. The molecule has 3 atom stereocenters. The molecule has 0 saturated heterocycles. The topological polar surface area (TPSA) is 52.9 Å². The summed E-state index contributed by atoms with van der Waals surface area (Å²) in [6, 6.07) is 9.98. The Morgan fingerprint density at radius 3 is 2.90 bits per heavy atom. The maximum Gasteiger partial charge on any atom is 0.228 e. The van der Waals surface area contributed by atoms with Crippen LogP contribution in [0.4, 0.5) is 5.69 Å². The molecule has 1 saturated carbocycles. The third-order valence-electron chi connectivity index (χ3n) is 4.23. The quantitative estimate of drug-likeness (QED) is 0.510. The molecule has 3 nitrogen and oxygen atoms in total. The number of hydrogen-bond donors (Lipinski definition) is 1. The van der Waals surface area contributed by atoms with Gasteiger partial charge in [-0.3, -0.25) is 4.79 Å². The first kappa shape index (κ1) is 14.2. The number of allylic oxidation sites excluding steroid dienone is 2. The van der Waals surface area contributed by atoms with Gasteiger partial charge in [-0.2, -0.15) is 5.26 Å². The molecular weight excluding hydrogens is 280 g/mol. The Labute approximate surface area is 129 Å². The number of nitrogens with one attached hydrogen (secondary N) is 1. The predicted octanol–water partition coefficient (Wildman–Crippen LogP) is 3.84. The van der Waals surface area contributed by atoms with Crippen molar-refractivity contribution in [2.45, 2.75) is 24.2 Å². The number of thioether (sulfide) groups is 1. The van der Waals surface area contributed by atoms with Crippen LogP contribution in [-0.4, -0.2) is 11.7 Å². The van der Waals surface area contributed by atoms with Gasteiger partial charge in [0, 0.05) is 23.0 Å². The van der Waals surface area contributed by atoms with Gasteiger partial charge in [0.2, 0.25) is 5.91 Å². The first-order valence-corrected chi connectivity index (χ1v) is 8.34. The van der Waals surface area contributed by atoms with Gasteiger partial charge in [0.05, 0.1) is 11.8 Å². The van der Waals surface area contributed by atoms with E-state index in [4.69, 9.17) is 5.26 Å². The minimum atomic E-state index is 0.122. The molecular formula is C17H18N2OS. The monoisotopic (exact) mass is 298 g/mol. The zero-order valence-electron chi connectivity index (χ0n) is 11.8. The number of carbonyl (C=O) groups is 1. The lowest BCUT2D eigenvalue weighted by atomic mass is 9.93. The van der Waals surface area contributed by atoms with Gasteiger partial charge in [-0.1, -0.05) is 24.3 Å². The van der Waals surface area contributed by atoms with E-state index in [1.165, 1.54) is 0 Å². The summed E-state index contributed by atoms with van der Waals surface area (Å²) < 4.78 is 0. The molecule has 108 valence electrons. The smallest absolute Gasteiger partial charge is 0.228 e. The minimum absolute atomic E-state index is 0.122. The minimum Gasteiger partial charge on any atom is -0.325 e. The van der Waals surface area contributed by atoms with Crippen LogP contribution in [0.1, 0.15) is 19.3 Å². The van der Waals surface area contributed by atoms with Crippen LogP contribution in [0.15, 0.2) is 41.3 Å². The zero-order valence-corrected chi connectivity index (χ0v) is 12.6. The molecule has 0 heterocycles. The van der Waals surface area contributed by atoms with Gasteiger partial charge in [0.1, 0.15) is 0 Å². The highest BCUT2D eigenvalue weighted by Crippen LogP contribution is 2.44. The Morgan fingerprint density at radius 2 is 2.19 bits per heavy atom. The highest BCUT2D eigenvalue weighted by atomic mass is 32.2. The Balaban J connectivity index is 1.66. The Kier molecular flexibility index (Phi) is 4.31. The van der Waals surface area contributed by atoms with Crippen molar-refractivity contribution in [2.24, 2.45) is 17.8 Å². The Hall–Kier alpha value is -1.73. The number of carbonyl (C=O) groups excluding carboxylic acids is 1. The first-order valence-electron chi connectivity index (χ1n) is 7.36.